The summed E-state index contributed by atoms with van der Waals surface area (Å²) in [7, 11) is 5.40. The van der Waals surface area contributed by atoms with Crippen LogP contribution in [0.3, 0.4) is 0 Å². The lowest BCUT2D eigenvalue weighted by atomic mass is 10.4. The second-order valence-corrected chi connectivity index (χ2v) is 2.80. The van der Waals surface area contributed by atoms with E-state index in [0.29, 0.717) is 12.6 Å². The summed E-state index contributed by atoms with van der Waals surface area (Å²) >= 11 is 0. The third-order valence-corrected chi connectivity index (χ3v) is 1.30. The minimum Gasteiger partial charge on any atom is -0.382 e. The van der Waals surface area contributed by atoms with Crippen molar-refractivity contribution in [3.05, 3.63) is 0 Å². The second-order valence-electron chi connectivity index (χ2n) is 2.80. The molecule has 0 heterocycles. The maximum absolute atomic E-state index is 5.25. The van der Waals surface area contributed by atoms with Gasteiger partial charge in [0.25, 0.3) is 0 Å². The van der Waals surface area contributed by atoms with Gasteiger partial charge < -0.3 is 9.64 Å². The number of nitrogens with two attached hydrogens (primary N) is 1. The Hall–Kier alpha value is -0.810. The molecule has 12 heavy (non-hydrogen) atoms. The minimum atomic E-state index is 0.114. The number of hydrazine groups is 1. The van der Waals surface area contributed by atoms with Crippen LogP contribution in [0.2, 0.25) is 0 Å². The van der Waals surface area contributed by atoms with E-state index in [2.05, 4.69) is 10.4 Å². The van der Waals surface area contributed by atoms with Gasteiger partial charge in [-0.2, -0.15) is 0 Å². The summed E-state index contributed by atoms with van der Waals surface area (Å²) in [6.07, 6.45) is 0. The monoisotopic (exact) mass is 174 g/mol. The van der Waals surface area contributed by atoms with Gasteiger partial charge in [0.2, 0.25) is 5.96 Å². The van der Waals surface area contributed by atoms with Crippen molar-refractivity contribution in [2.75, 3.05) is 27.8 Å². The van der Waals surface area contributed by atoms with Crippen molar-refractivity contribution >= 4 is 5.96 Å². The molecular weight excluding hydrogens is 156 g/mol. The normalized spacial score (nSPS) is 14.2. The Balaban J connectivity index is 4.07. The number of guanidine groups is 1. The fraction of sp³-hybridized carbons (Fsp3) is 0.857. The molecule has 0 amide bonds. The van der Waals surface area contributed by atoms with Gasteiger partial charge in [0, 0.05) is 21.2 Å². The van der Waals surface area contributed by atoms with Gasteiger partial charge in [-0.3, -0.25) is 5.43 Å². The number of aliphatic imine (C=N–C) groups is 1. The summed E-state index contributed by atoms with van der Waals surface area (Å²) in [6, 6.07) is 0.114. The van der Waals surface area contributed by atoms with Crippen molar-refractivity contribution in [2.45, 2.75) is 13.0 Å². The quantitative estimate of drug-likeness (QED) is 0.260. The Morgan fingerprint density at radius 3 is 2.58 bits per heavy atom. The van der Waals surface area contributed by atoms with Crippen LogP contribution in [0.15, 0.2) is 4.99 Å². The highest BCUT2D eigenvalue weighted by molar-refractivity contribution is 5.78. The molecule has 0 saturated carbocycles. The molecule has 0 aromatic heterocycles. The topological polar surface area (TPSA) is 62.9 Å². The van der Waals surface area contributed by atoms with Crippen molar-refractivity contribution in [2.24, 2.45) is 10.8 Å². The van der Waals surface area contributed by atoms with E-state index in [4.69, 9.17) is 10.6 Å². The van der Waals surface area contributed by atoms with Crippen LogP contribution in [0.5, 0.6) is 0 Å². The summed E-state index contributed by atoms with van der Waals surface area (Å²) in [5.74, 6) is 5.91. The summed E-state index contributed by atoms with van der Waals surface area (Å²) in [5.41, 5.74) is 2.51. The van der Waals surface area contributed by atoms with Crippen LogP contribution in [0.1, 0.15) is 6.92 Å². The third kappa shape index (κ3) is 4.15. The Bertz CT molecular complexity index is 146. The number of methoxy groups -OCH3 is 1. The van der Waals surface area contributed by atoms with Gasteiger partial charge in [-0.05, 0) is 6.92 Å². The molecule has 3 N–H and O–H groups in total. The Morgan fingerprint density at radius 2 is 2.25 bits per heavy atom. The molecule has 0 fully saturated rings. The highest BCUT2D eigenvalue weighted by Crippen LogP contribution is 1.91. The van der Waals surface area contributed by atoms with E-state index in [1.54, 1.807) is 7.11 Å². The smallest absolute Gasteiger partial charge is 0.208 e. The number of rotatable bonds is 3. The van der Waals surface area contributed by atoms with E-state index in [-0.39, 0.29) is 6.04 Å². The number of ether oxygens (including phenoxy) is 1. The molecule has 0 aliphatic heterocycles. The van der Waals surface area contributed by atoms with Gasteiger partial charge in [0.1, 0.15) is 0 Å². The Kier molecular flexibility index (Phi) is 5.40. The lowest BCUT2D eigenvalue weighted by Gasteiger charge is -2.16. The fourth-order valence-corrected chi connectivity index (χ4v) is 0.769. The standard InChI is InChI=1S/C7H18N4O/c1-6(5-12-4)9-7(10-8)11(2)3/h6H,5,8H2,1-4H3,(H,9,10). The van der Waals surface area contributed by atoms with Crippen LogP contribution in [-0.4, -0.2) is 44.7 Å². The molecule has 0 spiro atoms. The zero-order valence-electron chi connectivity index (χ0n) is 8.16. The van der Waals surface area contributed by atoms with Gasteiger partial charge in [0.15, 0.2) is 0 Å². The Labute approximate surface area is 73.6 Å². The van der Waals surface area contributed by atoms with E-state index in [9.17, 15) is 0 Å². The second kappa shape index (κ2) is 5.79. The highest BCUT2D eigenvalue weighted by atomic mass is 16.5. The van der Waals surface area contributed by atoms with Crippen molar-refractivity contribution < 1.29 is 4.74 Å². The predicted molar refractivity (Wildman–Crippen MR) is 49.8 cm³/mol. The van der Waals surface area contributed by atoms with E-state index in [1.165, 1.54) is 0 Å². The molecule has 0 rings (SSSR count). The van der Waals surface area contributed by atoms with Crippen LogP contribution < -0.4 is 11.3 Å². The molecule has 1 unspecified atom stereocenters. The van der Waals surface area contributed by atoms with Gasteiger partial charge in [-0.25, -0.2) is 10.8 Å². The molecule has 0 aromatic carbocycles. The van der Waals surface area contributed by atoms with E-state index < -0.39 is 0 Å². The van der Waals surface area contributed by atoms with Crippen LogP contribution in [0.25, 0.3) is 0 Å². The maximum atomic E-state index is 5.25. The zero-order chi connectivity index (χ0) is 9.56. The first-order valence-corrected chi connectivity index (χ1v) is 3.82. The summed E-state index contributed by atoms with van der Waals surface area (Å²) in [5, 5.41) is 0. The summed E-state index contributed by atoms with van der Waals surface area (Å²) in [6.45, 7) is 2.56. The predicted octanol–water partition coefficient (Wildman–Crippen LogP) is -0.598. The SMILES string of the molecule is COCC(C)N=C(NN)N(C)C. The average molecular weight is 174 g/mol. The van der Waals surface area contributed by atoms with Crippen LogP contribution >= 0.6 is 0 Å². The van der Waals surface area contributed by atoms with Crippen LogP contribution in [-0.2, 0) is 4.74 Å². The van der Waals surface area contributed by atoms with Gasteiger partial charge in [-0.15, -0.1) is 0 Å². The number of nitrogens with one attached hydrogen (secondary N) is 1. The van der Waals surface area contributed by atoms with E-state index in [1.807, 2.05) is 25.9 Å². The molecule has 72 valence electrons. The molecule has 0 radical (unpaired) electrons. The van der Waals surface area contributed by atoms with E-state index in [0.717, 1.165) is 0 Å². The Morgan fingerprint density at radius 1 is 1.67 bits per heavy atom. The zero-order valence-corrected chi connectivity index (χ0v) is 8.16. The molecule has 5 heteroatoms. The average Bonchev–Trinajstić information content (AvgIpc) is 2.00. The number of hydrogen-bond donors (Lipinski definition) is 2. The summed E-state index contributed by atoms with van der Waals surface area (Å²) < 4.78 is 4.93. The molecule has 1 atom stereocenters. The third-order valence-electron chi connectivity index (χ3n) is 1.30. The minimum absolute atomic E-state index is 0.114. The van der Waals surface area contributed by atoms with Gasteiger partial charge in [0.05, 0.1) is 12.6 Å². The van der Waals surface area contributed by atoms with Crippen LogP contribution in [0, 0.1) is 0 Å². The fourth-order valence-electron chi connectivity index (χ4n) is 0.769. The van der Waals surface area contributed by atoms with Crippen LogP contribution in [0.4, 0.5) is 0 Å². The molecule has 0 aliphatic rings. The van der Waals surface area contributed by atoms with Crippen molar-refractivity contribution in [1.82, 2.24) is 10.3 Å². The molecule has 5 nitrogen and oxygen atoms in total. The number of hydrogen-bond acceptors (Lipinski definition) is 3. The maximum Gasteiger partial charge on any atom is 0.208 e. The van der Waals surface area contributed by atoms with Gasteiger partial charge in [-0.1, -0.05) is 0 Å². The molecule has 0 bridgehead atoms. The molecule has 0 aromatic rings. The number of nitrogens with zero attached hydrogens (tertiary/aromatic N) is 2. The lowest BCUT2D eigenvalue weighted by molar-refractivity contribution is 0.185. The largest absolute Gasteiger partial charge is 0.382 e. The molecule has 0 aliphatic carbocycles. The summed E-state index contributed by atoms with van der Waals surface area (Å²) in [4.78, 5) is 6.08. The first-order valence-electron chi connectivity index (χ1n) is 3.82. The lowest BCUT2D eigenvalue weighted by Crippen LogP contribution is -2.41. The van der Waals surface area contributed by atoms with Gasteiger partial charge >= 0.3 is 0 Å². The molecule has 0 saturated heterocycles. The van der Waals surface area contributed by atoms with Crippen molar-refractivity contribution in [1.29, 1.82) is 0 Å². The first-order chi connectivity index (χ1) is 5.61. The molecular formula is C7H18N4O. The first kappa shape index (κ1) is 11.2. The van der Waals surface area contributed by atoms with E-state index >= 15 is 0 Å². The highest BCUT2D eigenvalue weighted by Gasteiger charge is 2.02. The van der Waals surface area contributed by atoms with Crippen molar-refractivity contribution in [3.63, 3.8) is 0 Å². The van der Waals surface area contributed by atoms with Crippen molar-refractivity contribution in [3.8, 4) is 0 Å².